The van der Waals surface area contributed by atoms with Gasteiger partial charge in [-0.25, -0.2) is 17.8 Å². The highest BCUT2D eigenvalue weighted by atomic mass is 32.2. The van der Waals surface area contributed by atoms with Gasteiger partial charge in [-0.1, -0.05) is 19.1 Å². The zero-order valence-corrected chi connectivity index (χ0v) is 17.5. The highest BCUT2D eigenvalue weighted by molar-refractivity contribution is 7.92. The highest BCUT2D eigenvalue weighted by Crippen LogP contribution is 2.29. The molecule has 1 aliphatic rings. The Hall–Kier alpha value is -2.71. The summed E-state index contributed by atoms with van der Waals surface area (Å²) in [5, 5.41) is 0. The van der Waals surface area contributed by atoms with Crippen molar-refractivity contribution in [2.24, 2.45) is 0 Å². The van der Waals surface area contributed by atoms with Crippen LogP contribution >= 0.6 is 0 Å². The Morgan fingerprint density at radius 2 is 2.03 bits per heavy atom. The Balaban J connectivity index is 1.49. The predicted octanol–water partition coefficient (Wildman–Crippen LogP) is 4.48. The number of sulfonamides is 1. The summed E-state index contributed by atoms with van der Waals surface area (Å²) in [6.07, 6.45) is 4.70. The molecule has 1 fully saturated rings. The van der Waals surface area contributed by atoms with Gasteiger partial charge >= 0.3 is 0 Å². The quantitative estimate of drug-likeness (QED) is 0.599. The number of anilines is 1. The number of rotatable bonds is 7. The van der Waals surface area contributed by atoms with Gasteiger partial charge in [0.15, 0.2) is 6.39 Å². The number of aromatic nitrogens is 1. The number of nitrogens with zero attached hydrogens (tertiary/aromatic N) is 2. The van der Waals surface area contributed by atoms with E-state index in [1.807, 2.05) is 12.1 Å². The molecule has 30 heavy (non-hydrogen) atoms. The number of oxazole rings is 1. The molecule has 1 saturated heterocycles. The van der Waals surface area contributed by atoms with Crippen LogP contribution in [0.1, 0.15) is 31.2 Å². The van der Waals surface area contributed by atoms with Gasteiger partial charge in [-0.2, -0.15) is 0 Å². The number of halogens is 1. The van der Waals surface area contributed by atoms with Crippen LogP contribution in [0.4, 0.5) is 10.1 Å². The van der Waals surface area contributed by atoms with E-state index in [-0.39, 0.29) is 16.2 Å². The van der Waals surface area contributed by atoms with Gasteiger partial charge in [0.1, 0.15) is 17.8 Å². The van der Waals surface area contributed by atoms with Crippen molar-refractivity contribution in [3.8, 4) is 11.3 Å². The van der Waals surface area contributed by atoms with Gasteiger partial charge in [-0.3, -0.25) is 4.72 Å². The van der Waals surface area contributed by atoms with E-state index in [2.05, 4.69) is 21.5 Å². The van der Waals surface area contributed by atoms with Crippen LogP contribution in [0.25, 0.3) is 11.3 Å². The smallest absolute Gasteiger partial charge is 0.261 e. The van der Waals surface area contributed by atoms with E-state index in [1.165, 1.54) is 30.4 Å². The maximum Gasteiger partial charge on any atom is 0.261 e. The first-order chi connectivity index (χ1) is 14.5. The van der Waals surface area contributed by atoms with Gasteiger partial charge in [-0.15, -0.1) is 0 Å². The molecule has 0 amide bonds. The van der Waals surface area contributed by atoms with Gasteiger partial charge in [0.25, 0.3) is 10.0 Å². The van der Waals surface area contributed by atoms with Crippen LogP contribution in [0.2, 0.25) is 0 Å². The van der Waals surface area contributed by atoms with E-state index < -0.39 is 15.8 Å². The summed E-state index contributed by atoms with van der Waals surface area (Å²) in [7, 11) is -3.87. The van der Waals surface area contributed by atoms with E-state index in [0.717, 1.165) is 38.5 Å². The topological polar surface area (TPSA) is 75.4 Å². The van der Waals surface area contributed by atoms with Crippen LogP contribution in [-0.2, 0) is 10.0 Å². The second-order valence-electron chi connectivity index (χ2n) is 7.53. The molecule has 0 unspecified atom stereocenters. The Bertz CT molecular complexity index is 1100. The Morgan fingerprint density at radius 3 is 2.73 bits per heavy atom. The molecule has 2 aromatic carbocycles. The molecule has 158 valence electrons. The second-order valence-corrected chi connectivity index (χ2v) is 9.21. The molecule has 0 saturated carbocycles. The van der Waals surface area contributed by atoms with Gasteiger partial charge in [0.2, 0.25) is 0 Å². The summed E-state index contributed by atoms with van der Waals surface area (Å²) in [6, 6.07) is 11.1. The number of hydrogen-bond acceptors (Lipinski definition) is 5. The van der Waals surface area contributed by atoms with Crippen LogP contribution in [0, 0.1) is 5.82 Å². The minimum atomic E-state index is -3.87. The summed E-state index contributed by atoms with van der Waals surface area (Å²) in [6.45, 7) is 5.44. The van der Waals surface area contributed by atoms with Crippen molar-refractivity contribution in [2.45, 2.75) is 30.6 Å². The Labute approximate surface area is 175 Å². The minimum absolute atomic E-state index is 0.0445. The first-order valence-electron chi connectivity index (χ1n) is 9.99. The normalized spacial score (nSPS) is 17.3. The third-order valence-electron chi connectivity index (χ3n) is 5.40. The predicted molar refractivity (Wildman–Crippen MR) is 113 cm³/mol. The number of hydrogen-bond donors (Lipinski definition) is 1. The molecule has 8 heteroatoms. The zero-order valence-electron chi connectivity index (χ0n) is 16.7. The molecule has 0 bridgehead atoms. The molecule has 3 aromatic rings. The molecule has 0 spiro atoms. The SMILES string of the molecule is CCCN1CC[C@@H](c2ccc(NS(=O)(=O)c3ccc(F)c(-c4cocn4)c3)cc2)C1. The molecule has 2 heterocycles. The number of likely N-dealkylation sites (tertiary alicyclic amines) is 1. The molecule has 1 atom stereocenters. The summed E-state index contributed by atoms with van der Waals surface area (Å²) < 4.78 is 47.2. The third kappa shape index (κ3) is 4.39. The summed E-state index contributed by atoms with van der Waals surface area (Å²) in [4.78, 5) is 6.31. The molecule has 0 radical (unpaired) electrons. The minimum Gasteiger partial charge on any atom is -0.451 e. The highest BCUT2D eigenvalue weighted by Gasteiger charge is 2.23. The van der Waals surface area contributed by atoms with Crippen molar-refractivity contribution in [3.05, 3.63) is 66.5 Å². The lowest BCUT2D eigenvalue weighted by Crippen LogP contribution is -2.20. The van der Waals surface area contributed by atoms with E-state index in [0.29, 0.717) is 11.6 Å². The van der Waals surface area contributed by atoms with Crippen LogP contribution in [-0.4, -0.2) is 37.9 Å². The second kappa shape index (κ2) is 8.57. The fraction of sp³-hybridized carbons (Fsp3) is 0.318. The summed E-state index contributed by atoms with van der Waals surface area (Å²) in [5.41, 5.74) is 1.99. The van der Waals surface area contributed by atoms with Crippen molar-refractivity contribution >= 4 is 15.7 Å². The standard InChI is InChI=1S/C22H24FN3O3S/c1-2-10-26-11-9-17(13-26)16-3-5-18(6-4-16)25-30(27,28)19-7-8-21(23)20(12-19)22-14-29-15-24-22/h3-8,12,14-15,17,25H,2,9-11,13H2,1H3/t17-/m1/s1. The van der Waals surface area contributed by atoms with Crippen molar-refractivity contribution in [1.29, 1.82) is 0 Å². The van der Waals surface area contributed by atoms with Crippen LogP contribution in [0.15, 0.2) is 64.4 Å². The fourth-order valence-electron chi connectivity index (χ4n) is 3.87. The van der Waals surface area contributed by atoms with Crippen molar-refractivity contribution < 1.29 is 17.2 Å². The lowest BCUT2D eigenvalue weighted by Gasteiger charge is -2.15. The first kappa shape index (κ1) is 20.6. The van der Waals surface area contributed by atoms with Crippen LogP contribution in [0.5, 0.6) is 0 Å². The van der Waals surface area contributed by atoms with E-state index in [9.17, 15) is 12.8 Å². The molecule has 1 aliphatic heterocycles. The van der Waals surface area contributed by atoms with Gasteiger partial charge < -0.3 is 9.32 Å². The largest absolute Gasteiger partial charge is 0.451 e. The van der Waals surface area contributed by atoms with E-state index in [4.69, 9.17) is 4.42 Å². The first-order valence-corrected chi connectivity index (χ1v) is 11.5. The van der Waals surface area contributed by atoms with Crippen molar-refractivity contribution in [3.63, 3.8) is 0 Å². The summed E-state index contributed by atoms with van der Waals surface area (Å²) >= 11 is 0. The molecular formula is C22H24FN3O3S. The molecule has 0 aliphatic carbocycles. The van der Waals surface area contributed by atoms with Crippen LogP contribution in [0.3, 0.4) is 0 Å². The fourth-order valence-corrected chi connectivity index (χ4v) is 4.96. The Kier molecular flexibility index (Phi) is 5.87. The van der Waals surface area contributed by atoms with Gasteiger partial charge in [0, 0.05) is 17.8 Å². The zero-order chi connectivity index (χ0) is 21.1. The molecule has 1 N–H and O–H groups in total. The maximum atomic E-state index is 14.1. The monoisotopic (exact) mass is 429 g/mol. The van der Waals surface area contributed by atoms with E-state index >= 15 is 0 Å². The van der Waals surface area contributed by atoms with Gasteiger partial charge in [0.05, 0.1) is 4.90 Å². The van der Waals surface area contributed by atoms with Crippen molar-refractivity contribution in [2.75, 3.05) is 24.4 Å². The lowest BCUT2D eigenvalue weighted by atomic mass is 9.98. The molecule has 1 aromatic heterocycles. The van der Waals surface area contributed by atoms with Crippen molar-refractivity contribution in [1.82, 2.24) is 9.88 Å². The molecule has 6 nitrogen and oxygen atoms in total. The lowest BCUT2D eigenvalue weighted by molar-refractivity contribution is 0.335. The molecular weight excluding hydrogens is 405 g/mol. The number of nitrogens with one attached hydrogen (secondary N) is 1. The third-order valence-corrected chi connectivity index (χ3v) is 6.78. The van der Waals surface area contributed by atoms with E-state index in [1.54, 1.807) is 12.1 Å². The van der Waals surface area contributed by atoms with Crippen LogP contribution < -0.4 is 4.72 Å². The Morgan fingerprint density at radius 1 is 1.23 bits per heavy atom. The number of benzene rings is 2. The summed E-state index contributed by atoms with van der Waals surface area (Å²) in [5.74, 6) is -0.0924. The average Bonchev–Trinajstić information content (AvgIpc) is 3.41. The molecule has 4 rings (SSSR count). The maximum absolute atomic E-state index is 14.1. The van der Waals surface area contributed by atoms with Gasteiger partial charge in [-0.05, 0) is 67.7 Å². The average molecular weight is 430 g/mol.